The molecule has 0 amide bonds. The quantitative estimate of drug-likeness (QED) is 0.762. The summed E-state index contributed by atoms with van der Waals surface area (Å²) in [5.74, 6) is 0.191. The highest BCUT2D eigenvalue weighted by Gasteiger charge is 2.03. The predicted molar refractivity (Wildman–Crippen MR) is 59.9 cm³/mol. The number of rotatable bonds is 1. The Hall–Kier alpha value is -2.47. The molecule has 0 saturated heterocycles. The van der Waals surface area contributed by atoms with E-state index in [-0.39, 0.29) is 11.5 Å². The molecular weight excluding hydrogens is 202 g/mol. The molecule has 0 saturated carbocycles. The summed E-state index contributed by atoms with van der Waals surface area (Å²) in [5.41, 5.74) is 1.85. The molecule has 3 heteroatoms. The van der Waals surface area contributed by atoms with Crippen LogP contribution in [0.15, 0.2) is 42.5 Å². The van der Waals surface area contributed by atoms with Crippen molar-refractivity contribution >= 4 is 0 Å². The standard InChI is InChI=1S/C13H9NO2/c14-8-9-4-11(7-13(16)5-9)10-2-1-3-12(15)6-10/h1-7,15-16H. The lowest BCUT2D eigenvalue weighted by molar-refractivity contribution is 0.474. The van der Waals surface area contributed by atoms with E-state index < -0.39 is 0 Å². The summed E-state index contributed by atoms with van der Waals surface area (Å²) < 4.78 is 0. The normalized spacial score (nSPS) is 9.69. The van der Waals surface area contributed by atoms with Crippen molar-refractivity contribution < 1.29 is 10.2 Å². The molecule has 78 valence electrons. The fourth-order valence-electron chi connectivity index (χ4n) is 1.53. The maximum atomic E-state index is 9.44. The lowest BCUT2D eigenvalue weighted by atomic mass is 10.0. The van der Waals surface area contributed by atoms with E-state index in [0.717, 1.165) is 5.56 Å². The molecule has 0 atom stereocenters. The highest BCUT2D eigenvalue weighted by Crippen LogP contribution is 2.27. The Labute approximate surface area is 92.8 Å². The maximum absolute atomic E-state index is 9.44. The third-order valence-corrected chi connectivity index (χ3v) is 2.23. The molecule has 0 heterocycles. The van der Waals surface area contributed by atoms with Gasteiger partial charge < -0.3 is 10.2 Å². The van der Waals surface area contributed by atoms with Gasteiger partial charge >= 0.3 is 0 Å². The smallest absolute Gasteiger partial charge is 0.117 e. The highest BCUT2D eigenvalue weighted by atomic mass is 16.3. The van der Waals surface area contributed by atoms with E-state index >= 15 is 0 Å². The third kappa shape index (κ3) is 1.96. The molecule has 2 aromatic carbocycles. The van der Waals surface area contributed by atoms with Crippen LogP contribution >= 0.6 is 0 Å². The van der Waals surface area contributed by atoms with Crippen LogP contribution in [0.1, 0.15) is 5.56 Å². The Bertz CT molecular complexity index is 570. The first-order valence-corrected chi connectivity index (χ1v) is 4.72. The minimum absolute atomic E-state index is 0.0393. The van der Waals surface area contributed by atoms with Crippen LogP contribution in [0, 0.1) is 11.3 Å². The number of nitriles is 1. The number of hydrogen-bond acceptors (Lipinski definition) is 3. The Balaban J connectivity index is 2.56. The highest BCUT2D eigenvalue weighted by molar-refractivity contribution is 5.68. The topological polar surface area (TPSA) is 64.2 Å². The number of benzene rings is 2. The summed E-state index contributed by atoms with van der Waals surface area (Å²) in [7, 11) is 0. The fourth-order valence-corrected chi connectivity index (χ4v) is 1.53. The number of aromatic hydroxyl groups is 2. The molecule has 0 radical (unpaired) electrons. The minimum atomic E-state index is 0.0393. The van der Waals surface area contributed by atoms with Gasteiger partial charge in [-0.05, 0) is 41.5 Å². The Morgan fingerprint density at radius 1 is 0.875 bits per heavy atom. The SMILES string of the molecule is N#Cc1cc(O)cc(-c2cccc(O)c2)c1. The van der Waals surface area contributed by atoms with Crippen molar-refractivity contribution in [2.75, 3.05) is 0 Å². The zero-order valence-corrected chi connectivity index (χ0v) is 8.38. The molecule has 0 aromatic heterocycles. The van der Waals surface area contributed by atoms with Crippen LogP contribution in [0.2, 0.25) is 0 Å². The van der Waals surface area contributed by atoms with Crippen LogP contribution in [0.3, 0.4) is 0 Å². The van der Waals surface area contributed by atoms with E-state index in [1.807, 2.05) is 6.07 Å². The van der Waals surface area contributed by atoms with Gasteiger partial charge in [0.15, 0.2) is 0 Å². The zero-order valence-electron chi connectivity index (χ0n) is 8.38. The second-order valence-electron chi connectivity index (χ2n) is 3.43. The summed E-state index contributed by atoms with van der Waals surface area (Å²) in [6.45, 7) is 0. The van der Waals surface area contributed by atoms with E-state index in [0.29, 0.717) is 11.1 Å². The largest absolute Gasteiger partial charge is 0.508 e. The van der Waals surface area contributed by atoms with Crippen LogP contribution in [0.4, 0.5) is 0 Å². The van der Waals surface area contributed by atoms with Gasteiger partial charge in [0.25, 0.3) is 0 Å². The van der Waals surface area contributed by atoms with E-state index in [4.69, 9.17) is 5.26 Å². The molecule has 0 aliphatic heterocycles. The average Bonchev–Trinajstić information content (AvgIpc) is 2.28. The predicted octanol–water partition coefficient (Wildman–Crippen LogP) is 2.64. The van der Waals surface area contributed by atoms with E-state index in [2.05, 4.69) is 0 Å². The van der Waals surface area contributed by atoms with Gasteiger partial charge in [0.1, 0.15) is 11.5 Å². The maximum Gasteiger partial charge on any atom is 0.117 e. The molecule has 2 rings (SSSR count). The summed E-state index contributed by atoms with van der Waals surface area (Å²) in [5, 5.41) is 27.6. The second kappa shape index (κ2) is 3.95. The molecule has 0 spiro atoms. The van der Waals surface area contributed by atoms with Crippen LogP contribution < -0.4 is 0 Å². The molecular formula is C13H9NO2. The van der Waals surface area contributed by atoms with Crippen molar-refractivity contribution in [1.29, 1.82) is 5.26 Å². The van der Waals surface area contributed by atoms with Crippen molar-refractivity contribution in [3.8, 4) is 28.7 Å². The van der Waals surface area contributed by atoms with Gasteiger partial charge in [0.2, 0.25) is 0 Å². The van der Waals surface area contributed by atoms with Gasteiger partial charge in [-0.3, -0.25) is 0 Å². The molecule has 0 fully saturated rings. The van der Waals surface area contributed by atoms with Gasteiger partial charge in [0.05, 0.1) is 11.6 Å². The van der Waals surface area contributed by atoms with E-state index in [9.17, 15) is 10.2 Å². The van der Waals surface area contributed by atoms with Crippen LogP contribution in [-0.4, -0.2) is 10.2 Å². The molecule has 3 nitrogen and oxygen atoms in total. The Morgan fingerprint density at radius 2 is 1.62 bits per heavy atom. The first-order chi connectivity index (χ1) is 7.69. The first-order valence-electron chi connectivity index (χ1n) is 4.72. The Morgan fingerprint density at radius 3 is 2.31 bits per heavy atom. The van der Waals surface area contributed by atoms with Crippen LogP contribution in [0.5, 0.6) is 11.5 Å². The van der Waals surface area contributed by atoms with Crippen molar-refractivity contribution in [2.24, 2.45) is 0 Å². The lowest BCUT2D eigenvalue weighted by Crippen LogP contribution is -1.81. The van der Waals surface area contributed by atoms with Crippen molar-refractivity contribution in [3.05, 3.63) is 48.0 Å². The van der Waals surface area contributed by atoms with Gasteiger partial charge in [0, 0.05) is 0 Å². The molecule has 2 N–H and O–H groups in total. The van der Waals surface area contributed by atoms with Gasteiger partial charge in [-0.2, -0.15) is 5.26 Å². The average molecular weight is 211 g/mol. The van der Waals surface area contributed by atoms with E-state index in [1.165, 1.54) is 6.07 Å². The third-order valence-electron chi connectivity index (χ3n) is 2.23. The summed E-state index contributed by atoms with van der Waals surface area (Å²) in [6, 6.07) is 13.2. The fraction of sp³-hybridized carbons (Fsp3) is 0. The van der Waals surface area contributed by atoms with Crippen molar-refractivity contribution in [2.45, 2.75) is 0 Å². The molecule has 16 heavy (non-hydrogen) atoms. The van der Waals surface area contributed by atoms with Crippen LogP contribution in [-0.2, 0) is 0 Å². The molecule has 0 aliphatic carbocycles. The zero-order chi connectivity index (χ0) is 11.5. The molecule has 0 bridgehead atoms. The second-order valence-corrected chi connectivity index (χ2v) is 3.43. The number of nitrogens with zero attached hydrogens (tertiary/aromatic N) is 1. The van der Waals surface area contributed by atoms with Gasteiger partial charge in [-0.1, -0.05) is 12.1 Å². The Kier molecular flexibility index (Phi) is 2.49. The lowest BCUT2D eigenvalue weighted by Gasteiger charge is -2.03. The van der Waals surface area contributed by atoms with Crippen LogP contribution in [0.25, 0.3) is 11.1 Å². The number of phenols is 2. The van der Waals surface area contributed by atoms with Gasteiger partial charge in [-0.25, -0.2) is 0 Å². The first kappa shape index (κ1) is 10.1. The van der Waals surface area contributed by atoms with Crippen molar-refractivity contribution in [3.63, 3.8) is 0 Å². The minimum Gasteiger partial charge on any atom is -0.508 e. The van der Waals surface area contributed by atoms with Gasteiger partial charge in [-0.15, -0.1) is 0 Å². The molecule has 0 unspecified atom stereocenters. The molecule has 2 aromatic rings. The summed E-state index contributed by atoms with van der Waals surface area (Å²) in [6.07, 6.45) is 0. The summed E-state index contributed by atoms with van der Waals surface area (Å²) in [4.78, 5) is 0. The number of phenolic OH excluding ortho intramolecular Hbond substituents is 2. The number of hydrogen-bond donors (Lipinski definition) is 2. The molecule has 0 aliphatic rings. The summed E-state index contributed by atoms with van der Waals surface area (Å²) >= 11 is 0. The monoisotopic (exact) mass is 211 g/mol. The van der Waals surface area contributed by atoms with Crippen molar-refractivity contribution in [1.82, 2.24) is 0 Å². The van der Waals surface area contributed by atoms with E-state index in [1.54, 1.807) is 36.4 Å².